The fraction of sp³-hybridized carbons (Fsp3) is 0.143. The molecule has 0 saturated carbocycles. The van der Waals surface area contributed by atoms with Crippen LogP contribution in [0.3, 0.4) is 0 Å². The van der Waals surface area contributed by atoms with Crippen molar-refractivity contribution >= 4 is 17.6 Å². The molecule has 1 heterocycles. The second kappa shape index (κ2) is 6.42. The van der Waals surface area contributed by atoms with Crippen molar-refractivity contribution < 1.29 is 14.7 Å². The predicted molar refractivity (Wildman–Crippen MR) is 72.4 cm³/mol. The van der Waals surface area contributed by atoms with Gasteiger partial charge < -0.3 is 10.4 Å². The second-order valence-electron chi connectivity index (χ2n) is 4.10. The summed E-state index contributed by atoms with van der Waals surface area (Å²) in [5.41, 5.74) is 1.57. The first-order chi connectivity index (χ1) is 9.66. The molecule has 0 fully saturated rings. The quantitative estimate of drug-likeness (QED) is 0.864. The number of carboxylic acids is 1. The third-order valence-electron chi connectivity index (χ3n) is 2.67. The molecule has 102 valence electrons. The van der Waals surface area contributed by atoms with Crippen molar-refractivity contribution in [1.82, 2.24) is 9.97 Å². The van der Waals surface area contributed by atoms with Crippen molar-refractivity contribution in [3.8, 4) is 0 Å². The summed E-state index contributed by atoms with van der Waals surface area (Å²) in [6.45, 7) is 0. The highest BCUT2D eigenvalue weighted by Crippen LogP contribution is 2.17. The van der Waals surface area contributed by atoms with E-state index in [2.05, 4.69) is 15.3 Å². The lowest BCUT2D eigenvalue weighted by Gasteiger charge is -2.09. The predicted octanol–water partition coefficient (Wildman–Crippen LogP) is 1.75. The lowest BCUT2D eigenvalue weighted by molar-refractivity contribution is -0.136. The lowest BCUT2D eigenvalue weighted by atomic mass is 10.1. The summed E-state index contributed by atoms with van der Waals surface area (Å²) >= 11 is 0. The molecule has 0 spiro atoms. The van der Waals surface area contributed by atoms with Crippen molar-refractivity contribution in [3.63, 3.8) is 0 Å². The van der Waals surface area contributed by atoms with Crippen LogP contribution in [0.5, 0.6) is 0 Å². The maximum absolute atomic E-state index is 12.0. The summed E-state index contributed by atoms with van der Waals surface area (Å²) in [4.78, 5) is 30.3. The summed E-state index contributed by atoms with van der Waals surface area (Å²) in [7, 11) is 0. The molecular weight excluding hydrogens is 258 g/mol. The molecule has 1 aromatic carbocycles. The SMILES string of the molecule is O=C(O)CCc1ccccc1NC(=O)c1cnccn1. The van der Waals surface area contributed by atoms with Gasteiger partial charge in [0.2, 0.25) is 0 Å². The molecule has 0 aliphatic heterocycles. The van der Waals surface area contributed by atoms with Crippen LogP contribution >= 0.6 is 0 Å². The fourth-order valence-electron chi connectivity index (χ4n) is 1.70. The molecule has 0 radical (unpaired) electrons. The van der Waals surface area contributed by atoms with Crippen molar-refractivity contribution in [1.29, 1.82) is 0 Å². The minimum Gasteiger partial charge on any atom is -0.481 e. The van der Waals surface area contributed by atoms with Gasteiger partial charge in [0.1, 0.15) is 5.69 Å². The number of nitrogens with one attached hydrogen (secondary N) is 1. The van der Waals surface area contributed by atoms with Gasteiger partial charge in [-0.1, -0.05) is 18.2 Å². The van der Waals surface area contributed by atoms with E-state index in [0.29, 0.717) is 12.1 Å². The molecule has 20 heavy (non-hydrogen) atoms. The average molecular weight is 271 g/mol. The molecule has 0 atom stereocenters. The van der Waals surface area contributed by atoms with Crippen LogP contribution in [0.15, 0.2) is 42.9 Å². The van der Waals surface area contributed by atoms with Gasteiger partial charge >= 0.3 is 5.97 Å². The largest absolute Gasteiger partial charge is 0.481 e. The molecule has 1 amide bonds. The molecule has 0 saturated heterocycles. The Balaban J connectivity index is 2.13. The van der Waals surface area contributed by atoms with Gasteiger partial charge in [-0.3, -0.25) is 14.6 Å². The number of anilines is 1. The molecule has 2 N–H and O–H groups in total. The van der Waals surface area contributed by atoms with Crippen LogP contribution in [0.2, 0.25) is 0 Å². The summed E-state index contributed by atoms with van der Waals surface area (Å²) in [5.74, 6) is -1.25. The highest BCUT2D eigenvalue weighted by molar-refractivity contribution is 6.03. The van der Waals surface area contributed by atoms with Gasteiger partial charge in [-0.2, -0.15) is 0 Å². The van der Waals surface area contributed by atoms with Crippen LogP contribution in [0, 0.1) is 0 Å². The van der Waals surface area contributed by atoms with Gasteiger partial charge in [0.15, 0.2) is 0 Å². The first-order valence-corrected chi connectivity index (χ1v) is 6.04. The Labute approximate surface area is 115 Å². The zero-order valence-electron chi connectivity index (χ0n) is 10.6. The highest BCUT2D eigenvalue weighted by Gasteiger charge is 2.10. The van der Waals surface area contributed by atoms with Gasteiger partial charge in [0.25, 0.3) is 5.91 Å². The zero-order chi connectivity index (χ0) is 14.4. The summed E-state index contributed by atoms with van der Waals surface area (Å²) in [5, 5.41) is 11.4. The van der Waals surface area contributed by atoms with Crippen molar-refractivity contribution in [2.45, 2.75) is 12.8 Å². The van der Waals surface area contributed by atoms with Crippen molar-refractivity contribution in [3.05, 3.63) is 54.1 Å². The van der Waals surface area contributed by atoms with Crippen molar-refractivity contribution in [2.24, 2.45) is 0 Å². The molecule has 6 heteroatoms. The van der Waals surface area contributed by atoms with E-state index in [0.717, 1.165) is 5.56 Å². The number of aromatic nitrogens is 2. The number of amides is 1. The average Bonchev–Trinajstić information content (AvgIpc) is 2.47. The Kier molecular flexibility index (Phi) is 4.39. The third-order valence-corrected chi connectivity index (χ3v) is 2.67. The number of benzene rings is 1. The number of hydrogen-bond acceptors (Lipinski definition) is 4. The molecule has 0 aliphatic carbocycles. The van der Waals surface area contributed by atoms with E-state index >= 15 is 0 Å². The van der Waals surface area contributed by atoms with E-state index in [1.54, 1.807) is 24.3 Å². The molecule has 2 aromatic rings. The number of carbonyl (C=O) groups excluding carboxylic acids is 1. The van der Waals surface area contributed by atoms with Gasteiger partial charge in [-0.25, -0.2) is 4.98 Å². The zero-order valence-corrected chi connectivity index (χ0v) is 10.6. The van der Waals surface area contributed by atoms with Crippen molar-refractivity contribution in [2.75, 3.05) is 5.32 Å². The standard InChI is InChI=1S/C14H13N3O3/c18-13(19)6-5-10-3-1-2-4-11(10)17-14(20)12-9-15-7-8-16-12/h1-4,7-9H,5-6H2,(H,17,20)(H,18,19). The van der Waals surface area contributed by atoms with E-state index in [9.17, 15) is 9.59 Å². The van der Waals surface area contributed by atoms with Crippen LogP contribution in [-0.2, 0) is 11.2 Å². The van der Waals surface area contributed by atoms with Gasteiger partial charge in [-0.15, -0.1) is 0 Å². The van der Waals surface area contributed by atoms with Crippen LogP contribution in [-0.4, -0.2) is 27.0 Å². The summed E-state index contributed by atoms with van der Waals surface area (Å²) < 4.78 is 0. The molecule has 0 aliphatic rings. The fourth-order valence-corrected chi connectivity index (χ4v) is 1.70. The Morgan fingerprint density at radius 3 is 2.70 bits per heavy atom. The smallest absolute Gasteiger partial charge is 0.303 e. The number of para-hydroxylation sites is 1. The number of nitrogens with zero attached hydrogens (tertiary/aromatic N) is 2. The number of hydrogen-bond donors (Lipinski definition) is 2. The molecule has 2 rings (SSSR count). The summed E-state index contributed by atoms with van der Waals surface area (Å²) in [6.07, 6.45) is 4.66. The second-order valence-corrected chi connectivity index (χ2v) is 4.10. The molecule has 1 aromatic heterocycles. The Bertz CT molecular complexity index is 614. The van der Waals surface area contributed by atoms with Crippen LogP contribution in [0.1, 0.15) is 22.5 Å². The minimum absolute atomic E-state index is 0.0119. The normalized spacial score (nSPS) is 10.0. The topological polar surface area (TPSA) is 92.2 Å². The van der Waals surface area contributed by atoms with Crippen LogP contribution in [0.25, 0.3) is 0 Å². The van der Waals surface area contributed by atoms with E-state index in [1.165, 1.54) is 18.6 Å². The van der Waals surface area contributed by atoms with Crippen LogP contribution < -0.4 is 5.32 Å². The third kappa shape index (κ3) is 3.61. The minimum atomic E-state index is -0.875. The van der Waals surface area contributed by atoms with Gasteiger partial charge in [-0.05, 0) is 18.1 Å². The number of aliphatic carboxylic acids is 1. The van der Waals surface area contributed by atoms with E-state index in [1.807, 2.05) is 0 Å². The first-order valence-electron chi connectivity index (χ1n) is 6.04. The van der Waals surface area contributed by atoms with Gasteiger partial charge in [0.05, 0.1) is 6.20 Å². The summed E-state index contributed by atoms with van der Waals surface area (Å²) in [6, 6.07) is 7.09. The monoisotopic (exact) mass is 271 g/mol. The number of rotatable bonds is 5. The number of carbonyl (C=O) groups is 2. The van der Waals surface area contributed by atoms with Gasteiger partial charge in [0, 0.05) is 24.5 Å². The lowest BCUT2D eigenvalue weighted by Crippen LogP contribution is -2.15. The number of aryl methyl sites for hydroxylation is 1. The first kappa shape index (κ1) is 13.7. The molecular formula is C14H13N3O3. The highest BCUT2D eigenvalue weighted by atomic mass is 16.4. The Morgan fingerprint density at radius 2 is 2.00 bits per heavy atom. The van der Waals surface area contributed by atoms with Crippen LogP contribution in [0.4, 0.5) is 5.69 Å². The molecule has 0 bridgehead atoms. The maximum atomic E-state index is 12.0. The molecule has 6 nitrogen and oxygen atoms in total. The maximum Gasteiger partial charge on any atom is 0.303 e. The Morgan fingerprint density at radius 1 is 1.20 bits per heavy atom. The van der Waals surface area contributed by atoms with E-state index < -0.39 is 5.97 Å². The van der Waals surface area contributed by atoms with E-state index in [4.69, 9.17) is 5.11 Å². The number of carboxylic acid groups (broad SMARTS) is 1. The molecule has 0 unspecified atom stereocenters. The Hall–Kier alpha value is -2.76. The van der Waals surface area contributed by atoms with E-state index in [-0.39, 0.29) is 18.0 Å².